The summed E-state index contributed by atoms with van der Waals surface area (Å²) in [5.41, 5.74) is 4.18. The first kappa shape index (κ1) is 15.2. The summed E-state index contributed by atoms with van der Waals surface area (Å²) in [6.07, 6.45) is 3.96. The molecule has 1 N–H and O–H groups in total. The molecule has 0 bridgehead atoms. The van der Waals surface area contributed by atoms with Gasteiger partial charge >= 0.3 is 0 Å². The molecule has 0 aromatic heterocycles. The van der Waals surface area contributed by atoms with Crippen molar-refractivity contribution < 1.29 is 0 Å². The van der Waals surface area contributed by atoms with E-state index in [-0.39, 0.29) is 0 Å². The average molecular weight is 247 g/mol. The monoisotopic (exact) mass is 247 g/mol. The Bertz CT molecular complexity index is 355. The molecule has 0 radical (unpaired) electrons. The average Bonchev–Trinajstić information content (AvgIpc) is 2.30. The minimum absolute atomic E-state index is 0.615. The molecule has 1 heteroatoms. The molecule has 18 heavy (non-hydrogen) atoms. The minimum Gasteiger partial charge on any atom is -0.310 e. The molecule has 102 valence electrons. The molecule has 1 aromatic rings. The lowest BCUT2D eigenvalue weighted by Gasteiger charge is -2.16. The second-order valence-electron chi connectivity index (χ2n) is 6.04. The van der Waals surface area contributed by atoms with Crippen LogP contribution in [0.3, 0.4) is 0 Å². The summed E-state index contributed by atoms with van der Waals surface area (Å²) in [6, 6.07) is 7.31. The number of aryl methyl sites for hydroxylation is 2. The second kappa shape index (κ2) is 7.58. The molecule has 0 aliphatic heterocycles. The van der Waals surface area contributed by atoms with Crippen molar-refractivity contribution in [3.05, 3.63) is 34.9 Å². The molecule has 0 heterocycles. The van der Waals surface area contributed by atoms with Crippen LogP contribution in [0.15, 0.2) is 18.2 Å². The molecule has 1 atom stereocenters. The minimum atomic E-state index is 0.615. The Morgan fingerprint density at radius 1 is 1.06 bits per heavy atom. The Balaban J connectivity index is 2.33. The van der Waals surface area contributed by atoms with Crippen molar-refractivity contribution in [2.75, 3.05) is 0 Å². The van der Waals surface area contributed by atoms with Gasteiger partial charge in [0.25, 0.3) is 0 Å². The number of rotatable bonds is 7. The lowest BCUT2D eigenvalue weighted by Crippen LogP contribution is -2.25. The van der Waals surface area contributed by atoms with Crippen LogP contribution in [-0.4, -0.2) is 6.04 Å². The van der Waals surface area contributed by atoms with Crippen molar-refractivity contribution in [3.63, 3.8) is 0 Å². The zero-order valence-electron chi connectivity index (χ0n) is 12.7. The topological polar surface area (TPSA) is 12.0 Å². The first-order valence-electron chi connectivity index (χ1n) is 7.28. The molecule has 0 amide bonds. The molecular weight excluding hydrogens is 218 g/mol. The summed E-state index contributed by atoms with van der Waals surface area (Å²) in [6.45, 7) is 12.2. The third-order valence-corrected chi connectivity index (χ3v) is 3.56. The van der Waals surface area contributed by atoms with Gasteiger partial charge in [-0.3, -0.25) is 0 Å². The Kier molecular flexibility index (Phi) is 6.42. The number of hydrogen-bond acceptors (Lipinski definition) is 1. The molecule has 1 aromatic carbocycles. The van der Waals surface area contributed by atoms with Gasteiger partial charge in [0.1, 0.15) is 0 Å². The van der Waals surface area contributed by atoms with Crippen molar-refractivity contribution in [2.24, 2.45) is 5.92 Å². The van der Waals surface area contributed by atoms with E-state index < -0.39 is 0 Å². The Morgan fingerprint density at radius 2 is 1.78 bits per heavy atom. The first-order chi connectivity index (χ1) is 8.49. The summed E-state index contributed by atoms with van der Waals surface area (Å²) in [7, 11) is 0. The largest absolute Gasteiger partial charge is 0.310 e. The van der Waals surface area contributed by atoms with Crippen LogP contribution < -0.4 is 5.32 Å². The maximum atomic E-state index is 3.64. The molecule has 0 saturated heterocycles. The smallest absolute Gasteiger partial charge is 0.0210 e. The lowest BCUT2D eigenvalue weighted by molar-refractivity contribution is 0.457. The molecule has 0 spiro atoms. The number of nitrogens with one attached hydrogen (secondary N) is 1. The third-order valence-electron chi connectivity index (χ3n) is 3.56. The quantitative estimate of drug-likeness (QED) is 0.742. The fraction of sp³-hybridized carbons (Fsp3) is 0.647. The molecule has 0 fully saturated rings. The highest BCUT2D eigenvalue weighted by Gasteiger charge is 2.04. The SMILES string of the molecule is Cc1ccc(C)c(CNC(C)CCCC(C)C)c1. The van der Waals surface area contributed by atoms with Gasteiger partial charge in [0, 0.05) is 12.6 Å². The number of benzene rings is 1. The van der Waals surface area contributed by atoms with Gasteiger partial charge in [0.05, 0.1) is 0 Å². The lowest BCUT2D eigenvalue weighted by atomic mass is 10.0. The third kappa shape index (κ3) is 5.68. The first-order valence-corrected chi connectivity index (χ1v) is 7.28. The van der Waals surface area contributed by atoms with Gasteiger partial charge in [0.2, 0.25) is 0 Å². The van der Waals surface area contributed by atoms with Gasteiger partial charge in [-0.25, -0.2) is 0 Å². The van der Waals surface area contributed by atoms with Crippen LogP contribution in [-0.2, 0) is 6.54 Å². The van der Waals surface area contributed by atoms with Crippen LogP contribution in [0.25, 0.3) is 0 Å². The van der Waals surface area contributed by atoms with Gasteiger partial charge in [-0.05, 0) is 44.2 Å². The summed E-state index contributed by atoms with van der Waals surface area (Å²) in [5.74, 6) is 0.830. The highest BCUT2D eigenvalue weighted by molar-refractivity contribution is 5.30. The van der Waals surface area contributed by atoms with Crippen LogP contribution in [0.2, 0.25) is 0 Å². The van der Waals surface area contributed by atoms with E-state index in [4.69, 9.17) is 0 Å². The molecule has 1 rings (SSSR count). The van der Waals surface area contributed by atoms with Gasteiger partial charge in [-0.1, -0.05) is 50.5 Å². The van der Waals surface area contributed by atoms with Crippen LogP contribution >= 0.6 is 0 Å². The fourth-order valence-electron chi connectivity index (χ4n) is 2.21. The molecular formula is C17H29N. The predicted octanol–water partition coefficient (Wildman–Crippen LogP) is 4.61. The van der Waals surface area contributed by atoms with E-state index >= 15 is 0 Å². The number of hydrogen-bond donors (Lipinski definition) is 1. The van der Waals surface area contributed by atoms with Crippen LogP contribution in [0.1, 0.15) is 56.7 Å². The molecule has 1 unspecified atom stereocenters. The highest BCUT2D eigenvalue weighted by Crippen LogP contribution is 2.12. The van der Waals surface area contributed by atoms with E-state index in [0.29, 0.717) is 6.04 Å². The Morgan fingerprint density at radius 3 is 2.44 bits per heavy atom. The summed E-state index contributed by atoms with van der Waals surface area (Å²) < 4.78 is 0. The van der Waals surface area contributed by atoms with Crippen LogP contribution in [0, 0.1) is 19.8 Å². The van der Waals surface area contributed by atoms with E-state index in [9.17, 15) is 0 Å². The van der Waals surface area contributed by atoms with E-state index in [1.54, 1.807) is 0 Å². The molecule has 0 saturated carbocycles. The van der Waals surface area contributed by atoms with Crippen molar-refractivity contribution in [2.45, 2.75) is 66.5 Å². The van der Waals surface area contributed by atoms with Gasteiger partial charge in [-0.2, -0.15) is 0 Å². The Hall–Kier alpha value is -0.820. The second-order valence-corrected chi connectivity index (χ2v) is 6.04. The van der Waals surface area contributed by atoms with Gasteiger partial charge in [-0.15, -0.1) is 0 Å². The predicted molar refractivity (Wildman–Crippen MR) is 80.9 cm³/mol. The zero-order valence-corrected chi connectivity index (χ0v) is 12.7. The van der Waals surface area contributed by atoms with Crippen LogP contribution in [0.5, 0.6) is 0 Å². The molecule has 1 nitrogen and oxygen atoms in total. The Labute approximate surface area is 113 Å². The van der Waals surface area contributed by atoms with E-state index in [0.717, 1.165) is 12.5 Å². The molecule has 0 aliphatic carbocycles. The van der Waals surface area contributed by atoms with E-state index in [2.05, 4.69) is 58.1 Å². The van der Waals surface area contributed by atoms with Crippen LogP contribution in [0.4, 0.5) is 0 Å². The van der Waals surface area contributed by atoms with Crippen molar-refractivity contribution >= 4 is 0 Å². The standard InChI is InChI=1S/C17H29N/c1-13(2)7-6-8-16(5)18-12-17-11-14(3)9-10-15(17)4/h9-11,13,16,18H,6-8,12H2,1-5H3. The van der Waals surface area contributed by atoms with Gasteiger partial charge in [0.15, 0.2) is 0 Å². The maximum Gasteiger partial charge on any atom is 0.0210 e. The van der Waals surface area contributed by atoms with Crippen molar-refractivity contribution in [1.29, 1.82) is 0 Å². The van der Waals surface area contributed by atoms with E-state index in [1.807, 2.05) is 0 Å². The maximum absolute atomic E-state index is 3.64. The fourth-order valence-corrected chi connectivity index (χ4v) is 2.21. The summed E-state index contributed by atoms with van der Waals surface area (Å²) >= 11 is 0. The normalized spacial score (nSPS) is 13.0. The van der Waals surface area contributed by atoms with Crippen molar-refractivity contribution in [1.82, 2.24) is 5.32 Å². The van der Waals surface area contributed by atoms with E-state index in [1.165, 1.54) is 36.0 Å². The zero-order chi connectivity index (χ0) is 13.5. The van der Waals surface area contributed by atoms with Gasteiger partial charge < -0.3 is 5.32 Å². The highest BCUT2D eigenvalue weighted by atomic mass is 14.9. The summed E-state index contributed by atoms with van der Waals surface area (Å²) in [4.78, 5) is 0. The molecule has 0 aliphatic rings. The summed E-state index contributed by atoms with van der Waals surface area (Å²) in [5, 5.41) is 3.64. The van der Waals surface area contributed by atoms with Crippen molar-refractivity contribution in [3.8, 4) is 0 Å².